The summed E-state index contributed by atoms with van der Waals surface area (Å²) in [4.78, 5) is 21.7. The molecule has 3 aromatic rings. The van der Waals surface area contributed by atoms with Gasteiger partial charge in [0.1, 0.15) is 5.82 Å². The number of carbonyl (C=O) groups excluding carboxylic acids is 1. The summed E-state index contributed by atoms with van der Waals surface area (Å²) in [6.07, 6.45) is 10.4. The van der Waals surface area contributed by atoms with Crippen LogP contribution in [-0.4, -0.2) is 41.3 Å². The van der Waals surface area contributed by atoms with E-state index in [2.05, 4.69) is 48.8 Å². The summed E-state index contributed by atoms with van der Waals surface area (Å²) < 4.78 is 11.2. The van der Waals surface area contributed by atoms with Gasteiger partial charge in [-0.1, -0.05) is 56.2 Å². The number of aryl methyl sites for hydroxylation is 1. The Bertz CT molecular complexity index is 1510. The lowest BCUT2D eigenvalue weighted by Gasteiger charge is -2.28. The quantitative estimate of drug-likeness (QED) is 0.216. The van der Waals surface area contributed by atoms with Gasteiger partial charge in [-0.15, -0.1) is 0 Å². The van der Waals surface area contributed by atoms with Crippen LogP contribution in [0.4, 0.5) is 11.8 Å². The van der Waals surface area contributed by atoms with Crippen LogP contribution in [-0.2, 0) is 17.6 Å². The maximum atomic E-state index is 13.1. The second-order valence-corrected chi connectivity index (χ2v) is 10.5. The van der Waals surface area contributed by atoms with Crippen LogP contribution in [0.2, 0.25) is 0 Å². The Balaban J connectivity index is 0.000000765. The summed E-state index contributed by atoms with van der Waals surface area (Å²) >= 11 is 0. The lowest BCUT2D eigenvalue weighted by molar-refractivity contribution is -0.128. The molecular formula is C34H44N6O3. The number of carbonyl (C=O) groups is 1. The van der Waals surface area contributed by atoms with Gasteiger partial charge in [-0.3, -0.25) is 4.79 Å². The third-order valence-electron chi connectivity index (χ3n) is 6.95. The van der Waals surface area contributed by atoms with Gasteiger partial charge in [0.2, 0.25) is 5.95 Å². The molecule has 43 heavy (non-hydrogen) atoms. The SMILES string of the molecule is CCC=C(C)C.CCCc1nc(N)nc(N)c1Cc1cc(/C=C/C(=O)N2N=Cc3ccccc3C2C)c(OC)c(OC)c1. The highest BCUT2D eigenvalue weighted by Crippen LogP contribution is 2.35. The molecule has 0 fully saturated rings. The van der Waals surface area contributed by atoms with Crippen molar-refractivity contribution in [2.45, 2.75) is 66.3 Å². The first-order chi connectivity index (χ1) is 20.6. The fourth-order valence-electron chi connectivity index (χ4n) is 4.95. The molecule has 0 spiro atoms. The number of hydrazone groups is 1. The minimum Gasteiger partial charge on any atom is -0.493 e. The van der Waals surface area contributed by atoms with E-state index in [0.717, 1.165) is 40.8 Å². The highest BCUT2D eigenvalue weighted by Gasteiger charge is 2.24. The number of benzene rings is 2. The minimum absolute atomic E-state index is 0.163. The van der Waals surface area contributed by atoms with Crippen LogP contribution in [0.3, 0.4) is 0 Å². The Morgan fingerprint density at radius 1 is 1.07 bits per heavy atom. The van der Waals surface area contributed by atoms with Crippen molar-refractivity contribution in [1.29, 1.82) is 0 Å². The zero-order valence-corrected chi connectivity index (χ0v) is 26.3. The van der Waals surface area contributed by atoms with Crippen molar-refractivity contribution >= 4 is 30.0 Å². The monoisotopic (exact) mass is 584 g/mol. The van der Waals surface area contributed by atoms with Crippen LogP contribution in [0.25, 0.3) is 6.08 Å². The molecule has 4 N–H and O–H groups in total. The van der Waals surface area contributed by atoms with E-state index < -0.39 is 0 Å². The van der Waals surface area contributed by atoms with Crippen LogP contribution in [0.1, 0.15) is 87.0 Å². The molecule has 2 aromatic carbocycles. The van der Waals surface area contributed by atoms with Crippen molar-refractivity contribution in [3.05, 3.63) is 87.6 Å². The Labute approximate surface area is 255 Å². The topological polar surface area (TPSA) is 129 Å². The van der Waals surface area contributed by atoms with E-state index in [1.807, 2.05) is 43.3 Å². The lowest BCUT2D eigenvalue weighted by atomic mass is 9.98. The molecule has 0 radical (unpaired) electrons. The molecule has 0 saturated heterocycles. The van der Waals surface area contributed by atoms with Crippen LogP contribution in [0, 0.1) is 0 Å². The third kappa shape index (κ3) is 8.44. The highest BCUT2D eigenvalue weighted by molar-refractivity contribution is 5.95. The molecule has 0 bridgehead atoms. The van der Waals surface area contributed by atoms with Crippen LogP contribution < -0.4 is 20.9 Å². The van der Waals surface area contributed by atoms with Gasteiger partial charge in [-0.25, -0.2) is 9.99 Å². The number of nitrogens with two attached hydrogens (primary N) is 2. The molecule has 4 rings (SSSR count). The summed E-state index contributed by atoms with van der Waals surface area (Å²) in [6.45, 7) is 10.4. The van der Waals surface area contributed by atoms with Crippen molar-refractivity contribution in [1.82, 2.24) is 15.0 Å². The Kier molecular flexibility index (Phi) is 11.9. The molecule has 2 heterocycles. The molecule has 9 heteroatoms. The highest BCUT2D eigenvalue weighted by atomic mass is 16.5. The summed E-state index contributed by atoms with van der Waals surface area (Å²) in [6, 6.07) is 11.5. The fraction of sp³-hybridized carbons (Fsp3) is 0.353. The second-order valence-electron chi connectivity index (χ2n) is 10.5. The number of hydrogen-bond acceptors (Lipinski definition) is 8. The van der Waals surface area contributed by atoms with Crippen molar-refractivity contribution in [3.8, 4) is 11.5 Å². The molecule has 0 aliphatic carbocycles. The fourth-order valence-corrected chi connectivity index (χ4v) is 4.95. The minimum atomic E-state index is -0.244. The number of amides is 1. The predicted octanol–water partition coefficient (Wildman–Crippen LogP) is 6.51. The molecule has 1 amide bonds. The number of hydrogen-bond donors (Lipinski definition) is 2. The van der Waals surface area contributed by atoms with Gasteiger partial charge in [0, 0.05) is 23.6 Å². The second kappa shape index (κ2) is 15.5. The van der Waals surface area contributed by atoms with Gasteiger partial charge >= 0.3 is 0 Å². The molecule has 1 unspecified atom stereocenters. The van der Waals surface area contributed by atoms with Crippen LogP contribution in [0.5, 0.6) is 11.5 Å². The lowest BCUT2D eigenvalue weighted by Crippen LogP contribution is -2.30. The maximum absolute atomic E-state index is 13.1. The molecule has 1 aliphatic heterocycles. The van der Waals surface area contributed by atoms with E-state index in [9.17, 15) is 4.79 Å². The van der Waals surface area contributed by atoms with E-state index in [4.69, 9.17) is 20.9 Å². The number of anilines is 2. The van der Waals surface area contributed by atoms with Gasteiger partial charge in [-0.05, 0) is 68.5 Å². The van der Waals surface area contributed by atoms with Gasteiger partial charge in [0.15, 0.2) is 11.5 Å². The first kappa shape index (κ1) is 32.8. The number of ether oxygens (including phenoxy) is 2. The van der Waals surface area contributed by atoms with Crippen LogP contribution in [0.15, 0.2) is 59.2 Å². The first-order valence-corrected chi connectivity index (χ1v) is 14.6. The number of methoxy groups -OCH3 is 2. The molecule has 9 nitrogen and oxygen atoms in total. The van der Waals surface area contributed by atoms with E-state index in [-0.39, 0.29) is 17.9 Å². The summed E-state index contributed by atoms with van der Waals surface area (Å²) in [5.74, 6) is 1.33. The number of nitrogens with zero attached hydrogens (tertiary/aromatic N) is 4. The number of rotatable bonds is 9. The summed E-state index contributed by atoms with van der Waals surface area (Å²) in [5, 5.41) is 5.84. The Hall–Kier alpha value is -4.66. The number of fused-ring (bicyclic) bond motifs is 1. The summed E-state index contributed by atoms with van der Waals surface area (Å²) in [7, 11) is 3.14. The molecule has 1 atom stereocenters. The number of allylic oxidation sites excluding steroid dienone is 2. The smallest absolute Gasteiger partial charge is 0.267 e. The molecule has 1 aliphatic rings. The normalized spacial score (nSPS) is 13.7. The van der Waals surface area contributed by atoms with Crippen LogP contribution >= 0.6 is 0 Å². The van der Waals surface area contributed by atoms with E-state index >= 15 is 0 Å². The van der Waals surface area contributed by atoms with Crippen molar-refractivity contribution < 1.29 is 14.3 Å². The van der Waals surface area contributed by atoms with Gasteiger partial charge in [0.05, 0.1) is 32.2 Å². The standard InChI is InChI=1S/C28H32N6O3.C6H12/c1-5-8-23-22(27(29)33-28(30)32-23)14-18-13-19(26(37-4)24(15-18)36-3)11-12-25(35)34-17(2)21-10-7-6-9-20(21)16-31-34;1-4-5-6(2)3/h6-7,9-13,15-17H,5,8,14H2,1-4H3,(H4,29,30,32,33);5H,4H2,1-3H3/b12-11+;. The van der Waals surface area contributed by atoms with E-state index in [1.165, 1.54) is 23.1 Å². The largest absolute Gasteiger partial charge is 0.493 e. The molecular weight excluding hydrogens is 540 g/mol. The predicted molar refractivity (Wildman–Crippen MR) is 175 cm³/mol. The molecule has 0 saturated carbocycles. The maximum Gasteiger partial charge on any atom is 0.267 e. The number of aromatic nitrogens is 2. The molecule has 228 valence electrons. The zero-order valence-electron chi connectivity index (χ0n) is 26.3. The van der Waals surface area contributed by atoms with E-state index in [1.54, 1.807) is 26.5 Å². The Morgan fingerprint density at radius 2 is 1.81 bits per heavy atom. The first-order valence-electron chi connectivity index (χ1n) is 14.6. The molecule has 1 aromatic heterocycles. The van der Waals surface area contributed by atoms with Crippen molar-refractivity contribution in [2.75, 3.05) is 25.7 Å². The van der Waals surface area contributed by atoms with Gasteiger partial charge in [0.25, 0.3) is 5.91 Å². The Morgan fingerprint density at radius 3 is 2.44 bits per heavy atom. The summed E-state index contributed by atoms with van der Waals surface area (Å²) in [5.41, 5.74) is 18.8. The van der Waals surface area contributed by atoms with Gasteiger partial charge in [-0.2, -0.15) is 10.1 Å². The zero-order chi connectivity index (χ0) is 31.5. The van der Waals surface area contributed by atoms with E-state index in [0.29, 0.717) is 29.3 Å². The van der Waals surface area contributed by atoms with Crippen molar-refractivity contribution in [2.24, 2.45) is 5.10 Å². The van der Waals surface area contributed by atoms with Gasteiger partial charge < -0.3 is 20.9 Å². The average Bonchev–Trinajstić information content (AvgIpc) is 2.98. The van der Waals surface area contributed by atoms with Crippen molar-refractivity contribution in [3.63, 3.8) is 0 Å². The third-order valence-corrected chi connectivity index (χ3v) is 6.95. The number of nitrogen functional groups attached to an aromatic ring is 2. The average molecular weight is 585 g/mol.